The lowest BCUT2D eigenvalue weighted by Crippen LogP contribution is -2.43. The highest BCUT2D eigenvalue weighted by molar-refractivity contribution is 5.68. The van der Waals surface area contributed by atoms with Gasteiger partial charge in [0.15, 0.2) is 0 Å². The summed E-state index contributed by atoms with van der Waals surface area (Å²) in [4.78, 5) is 16.1. The summed E-state index contributed by atoms with van der Waals surface area (Å²) in [6, 6.07) is 10.7. The smallest absolute Gasteiger partial charge is 0.407 e. The fourth-order valence-electron chi connectivity index (χ4n) is 3.77. The fraction of sp³-hybridized carbons (Fsp3) is 0.500. The Bertz CT molecular complexity index is 825. The van der Waals surface area contributed by atoms with Gasteiger partial charge in [0.25, 0.3) is 0 Å². The van der Waals surface area contributed by atoms with E-state index >= 15 is 0 Å². The van der Waals surface area contributed by atoms with Crippen molar-refractivity contribution in [2.45, 2.75) is 70.7 Å². The van der Waals surface area contributed by atoms with Gasteiger partial charge in [0.1, 0.15) is 11.9 Å². The summed E-state index contributed by atoms with van der Waals surface area (Å²) in [7, 11) is 1.70. The molecule has 1 aliphatic carbocycles. The van der Waals surface area contributed by atoms with Crippen LogP contribution in [0.3, 0.4) is 0 Å². The molecule has 1 saturated carbocycles. The predicted octanol–water partition coefficient (Wildman–Crippen LogP) is 4.68. The molecule has 1 amide bonds. The topological polar surface area (TPSA) is 72.5 Å². The van der Waals surface area contributed by atoms with Crippen molar-refractivity contribution in [1.82, 2.24) is 15.6 Å². The van der Waals surface area contributed by atoms with Crippen LogP contribution in [-0.2, 0) is 11.3 Å². The van der Waals surface area contributed by atoms with E-state index in [9.17, 15) is 4.79 Å². The molecule has 1 heterocycles. The molecule has 1 aromatic carbocycles. The number of hydrogen-bond donors (Lipinski definition) is 2. The first-order valence-electron chi connectivity index (χ1n) is 10.6. The van der Waals surface area contributed by atoms with E-state index in [1.165, 1.54) is 0 Å². The van der Waals surface area contributed by atoms with E-state index in [0.29, 0.717) is 6.04 Å². The van der Waals surface area contributed by atoms with Crippen LogP contribution in [0, 0.1) is 0 Å². The molecule has 6 nitrogen and oxygen atoms in total. The number of hydrogen-bond acceptors (Lipinski definition) is 5. The van der Waals surface area contributed by atoms with Gasteiger partial charge in [0.2, 0.25) is 0 Å². The monoisotopic (exact) mass is 411 g/mol. The van der Waals surface area contributed by atoms with E-state index < -0.39 is 0 Å². The fourth-order valence-corrected chi connectivity index (χ4v) is 3.77. The summed E-state index contributed by atoms with van der Waals surface area (Å²) < 4.78 is 11.1. The number of amides is 1. The van der Waals surface area contributed by atoms with Gasteiger partial charge in [-0.2, -0.15) is 0 Å². The van der Waals surface area contributed by atoms with E-state index in [-0.39, 0.29) is 17.7 Å². The van der Waals surface area contributed by atoms with Gasteiger partial charge in [-0.3, -0.25) is 4.98 Å². The Morgan fingerprint density at radius 1 is 1.07 bits per heavy atom. The molecule has 30 heavy (non-hydrogen) atoms. The number of nitrogens with one attached hydrogen (secondary N) is 2. The minimum atomic E-state index is -0.323. The summed E-state index contributed by atoms with van der Waals surface area (Å²) in [5.74, 6) is 0.885. The SMILES string of the molecule is COc1ccc(-c2ccncc2)cc1CNC1CCC(OC(=O)NC(C)(C)C)CC1. The molecule has 2 aromatic rings. The second-order valence-electron chi connectivity index (χ2n) is 8.90. The highest BCUT2D eigenvalue weighted by Crippen LogP contribution is 2.27. The molecule has 1 fully saturated rings. The average Bonchev–Trinajstić information content (AvgIpc) is 2.72. The maximum Gasteiger partial charge on any atom is 0.407 e. The van der Waals surface area contributed by atoms with Gasteiger partial charge in [0.05, 0.1) is 7.11 Å². The molecule has 0 unspecified atom stereocenters. The first kappa shape index (κ1) is 22.1. The van der Waals surface area contributed by atoms with E-state index in [0.717, 1.165) is 54.7 Å². The Morgan fingerprint density at radius 2 is 1.77 bits per heavy atom. The lowest BCUT2D eigenvalue weighted by Gasteiger charge is -2.30. The van der Waals surface area contributed by atoms with Crippen molar-refractivity contribution in [3.63, 3.8) is 0 Å². The van der Waals surface area contributed by atoms with E-state index in [2.05, 4.69) is 27.8 Å². The van der Waals surface area contributed by atoms with Crippen LogP contribution < -0.4 is 15.4 Å². The number of carbonyl (C=O) groups excluding carboxylic acids is 1. The number of aromatic nitrogens is 1. The van der Waals surface area contributed by atoms with Gasteiger partial charge in [-0.05, 0) is 81.8 Å². The number of alkyl carbamates (subject to hydrolysis) is 1. The van der Waals surface area contributed by atoms with Gasteiger partial charge >= 0.3 is 6.09 Å². The molecule has 0 saturated heterocycles. The first-order chi connectivity index (χ1) is 14.3. The molecule has 1 aromatic heterocycles. The molecule has 0 atom stereocenters. The molecule has 0 radical (unpaired) electrons. The molecule has 162 valence electrons. The molecule has 0 spiro atoms. The zero-order valence-electron chi connectivity index (χ0n) is 18.4. The third-order valence-corrected chi connectivity index (χ3v) is 5.30. The number of nitrogens with zero attached hydrogens (tertiary/aromatic N) is 1. The maximum absolute atomic E-state index is 12.0. The number of pyridine rings is 1. The maximum atomic E-state index is 12.0. The molecule has 2 N–H and O–H groups in total. The van der Waals surface area contributed by atoms with Crippen molar-refractivity contribution >= 4 is 6.09 Å². The second-order valence-corrected chi connectivity index (χ2v) is 8.90. The first-order valence-corrected chi connectivity index (χ1v) is 10.6. The average molecular weight is 412 g/mol. The minimum Gasteiger partial charge on any atom is -0.496 e. The zero-order chi connectivity index (χ0) is 21.6. The van der Waals surface area contributed by atoms with E-state index in [1.54, 1.807) is 19.5 Å². The van der Waals surface area contributed by atoms with Gasteiger partial charge in [0, 0.05) is 36.1 Å². The predicted molar refractivity (Wildman–Crippen MR) is 118 cm³/mol. The number of benzene rings is 1. The molecule has 0 aliphatic heterocycles. The van der Waals surface area contributed by atoms with Gasteiger partial charge in [-0.25, -0.2) is 4.79 Å². The van der Waals surface area contributed by atoms with Crippen molar-refractivity contribution in [3.05, 3.63) is 48.3 Å². The summed E-state index contributed by atoms with van der Waals surface area (Å²) in [6.45, 7) is 6.59. The highest BCUT2D eigenvalue weighted by atomic mass is 16.6. The van der Waals surface area contributed by atoms with Crippen LogP contribution in [-0.4, -0.2) is 35.9 Å². The lowest BCUT2D eigenvalue weighted by molar-refractivity contribution is 0.0640. The van der Waals surface area contributed by atoms with Crippen molar-refractivity contribution in [3.8, 4) is 16.9 Å². The van der Waals surface area contributed by atoms with Crippen LogP contribution >= 0.6 is 0 Å². The highest BCUT2D eigenvalue weighted by Gasteiger charge is 2.25. The Labute approximate surface area is 179 Å². The van der Waals surface area contributed by atoms with Crippen LogP contribution in [0.25, 0.3) is 11.1 Å². The summed E-state index contributed by atoms with van der Waals surface area (Å²) >= 11 is 0. The van der Waals surface area contributed by atoms with Crippen molar-refractivity contribution in [1.29, 1.82) is 0 Å². The van der Waals surface area contributed by atoms with Crippen LogP contribution in [0.1, 0.15) is 52.0 Å². The zero-order valence-corrected chi connectivity index (χ0v) is 18.4. The summed E-state index contributed by atoms with van der Waals surface area (Å²) in [5, 5.41) is 6.52. The van der Waals surface area contributed by atoms with Crippen molar-refractivity contribution in [2.24, 2.45) is 0 Å². The lowest BCUT2D eigenvalue weighted by atomic mass is 9.92. The minimum absolute atomic E-state index is 0.00467. The number of ether oxygens (including phenoxy) is 2. The summed E-state index contributed by atoms with van der Waals surface area (Å²) in [5.41, 5.74) is 3.14. The summed E-state index contributed by atoms with van der Waals surface area (Å²) in [6.07, 6.45) is 7.01. The quantitative estimate of drug-likeness (QED) is 0.722. The molecule has 3 rings (SSSR count). The number of carbonyl (C=O) groups is 1. The van der Waals surface area contributed by atoms with Gasteiger partial charge in [-0.1, -0.05) is 6.07 Å². The van der Waals surface area contributed by atoms with Crippen LogP contribution in [0.5, 0.6) is 5.75 Å². The Hall–Kier alpha value is -2.60. The normalized spacial score (nSPS) is 19.2. The largest absolute Gasteiger partial charge is 0.496 e. The van der Waals surface area contributed by atoms with Crippen LogP contribution in [0.4, 0.5) is 4.79 Å². The molecular weight excluding hydrogens is 378 g/mol. The molecule has 0 bridgehead atoms. The Morgan fingerprint density at radius 3 is 2.40 bits per heavy atom. The number of methoxy groups -OCH3 is 1. The third-order valence-electron chi connectivity index (χ3n) is 5.30. The second kappa shape index (κ2) is 9.94. The van der Waals surface area contributed by atoms with Gasteiger partial charge < -0.3 is 20.1 Å². The molecule has 6 heteroatoms. The van der Waals surface area contributed by atoms with E-state index in [4.69, 9.17) is 9.47 Å². The molecule has 1 aliphatic rings. The van der Waals surface area contributed by atoms with Crippen molar-refractivity contribution in [2.75, 3.05) is 7.11 Å². The Kier molecular flexibility index (Phi) is 7.32. The van der Waals surface area contributed by atoms with E-state index in [1.807, 2.05) is 39.0 Å². The van der Waals surface area contributed by atoms with Crippen LogP contribution in [0.15, 0.2) is 42.7 Å². The van der Waals surface area contributed by atoms with Crippen molar-refractivity contribution < 1.29 is 14.3 Å². The Balaban J connectivity index is 1.52. The standard InChI is InChI=1S/C24H33N3O3/c1-24(2,3)27-23(28)30-21-8-6-20(7-9-21)26-16-19-15-18(5-10-22(19)29-4)17-11-13-25-14-12-17/h5,10-15,20-21,26H,6-9,16H2,1-4H3,(H,27,28). The van der Waals surface area contributed by atoms with Gasteiger partial charge in [-0.15, -0.1) is 0 Å². The number of rotatable bonds is 6. The van der Waals surface area contributed by atoms with Crippen LogP contribution in [0.2, 0.25) is 0 Å². The third kappa shape index (κ3) is 6.46. The molecular formula is C24H33N3O3.